The van der Waals surface area contributed by atoms with Crippen LogP contribution in [-0.4, -0.2) is 97.0 Å². The highest BCUT2D eigenvalue weighted by molar-refractivity contribution is 6.39. The van der Waals surface area contributed by atoms with Crippen LogP contribution in [0.15, 0.2) is 60.8 Å². The summed E-state index contributed by atoms with van der Waals surface area (Å²) in [6.45, 7) is 4.96. The van der Waals surface area contributed by atoms with Gasteiger partial charge in [-0.15, -0.1) is 0 Å². The highest BCUT2D eigenvalue weighted by atomic mass is 35.5. The first-order valence-electron chi connectivity index (χ1n) is 17.8. The molecule has 0 unspecified atom stereocenters. The first-order valence-corrected chi connectivity index (χ1v) is 18.6. The highest BCUT2D eigenvalue weighted by Gasteiger charge is 2.24. The number of hydrogen-bond donors (Lipinski definition) is 2. The molecule has 2 N–H and O–H groups in total. The van der Waals surface area contributed by atoms with E-state index in [1.165, 1.54) is 0 Å². The maximum atomic E-state index is 12.4. The number of likely N-dealkylation sites (tertiary alicyclic amines) is 2. The third kappa shape index (κ3) is 8.87. The van der Waals surface area contributed by atoms with E-state index >= 15 is 0 Å². The fourth-order valence-corrected chi connectivity index (χ4v) is 7.64. The molecule has 10 nitrogen and oxygen atoms in total. The third-order valence-corrected chi connectivity index (χ3v) is 10.8. The van der Waals surface area contributed by atoms with Crippen LogP contribution in [0.25, 0.3) is 33.6 Å². The second kappa shape index (κ2) is 17.8. The molecule has 2 aromatic carbocycles. The van der Waals surface area contributed by atoms with Gasteiger partial charge in [-0.1, -0.05) is 59.6 Å². The Morgan fingerprint density at radius 2 is 1.62 bits per heavy atom. The minimum absolute atomic E-state index is 0.147. The van der Waals surface area contributed by atoms with Crippen LogP contribution in [0.1, 0.15) is 43.2 Å². The minimum atomic E-state index is -0.214. The maximum Gasteiger partial charge on any atom is 0.224 e. The number of pyridine rings is 2. The van der Waals surface area contributed by atoms with Crippen LogP contribution in [-0.2, 0) is 22.6 Å². The van der Waals surface area contributed by atoms with Crippen LogP contribution in [0.3, 0.4) is 0 Å². The molecule has 0 radical (unpaired) electrons. The van der Waals surface area contributed by atoms with E-state index in [0.29, 0.717) is 52.9 Å². The monoisotopic (exact) mass is 747 g/mol. The van der Waals surface area contributed by atoms with Crippen molar-refractivity contribution in [2.45, 2.75) is 57.3 Å². The van der Waals surface area contributed by atoms with Crippen LogP contribution in [0.4, 0.5) is 0 Å². The lowest BCUT2D eigenvalue weighted by molar-refractivity contribution is -0.133. The normalized spacial score (nSPS) is 15.9. The molecule has 0 saturated carbocycles. The zero-order chi connectivity index (χ0) is 36.6. The smallest absolute Gasteiger partial charge is 0.224 e. The molecule has 0 atom stereocenters. The Hall–Kier alpha value is -3.77. The lowest BCUT2D eigenvalue weighted by Crippen LogP contribution is -2.44. The fraction of sp³-hybridized carbons (Fsp3) is 0.425. The van der Waals surface area contributed by atoms with Gasteiger partial charge >= 0.3 is 0 Å². The average molecular weight is 749 g/mol. The number of piperidine rings is 2. The van der Waals surface area contributed by atoms with E-state index in [1.807, 2.05) is 53.4 Å². The van der Waals surface area contributed by atoms with Crippen molar-refractivity contribution in [2.24, 2.45) is 0 Å². The van der Waals surface area contributed by atoms with Crippen LogP contribution in [0.5, 0.6) is 11.6 Å². The number of aliphatic hydroxyl groups is 1. The Morgan fingerprint density at radius 3 is 2.35 bits per heavy atom. The number of carbonyl (C=O) groups excluding carboxylic acids is 1. The summed E-state index contributed by atoms with van der Waals surface area (Å²) >= 11 is 14.2. The van der Waals surface area contributed by atoms with Crippen LogP contribution in [0, 0.1) is 0 Å². The molecule has 2 saturated heterocycles. The van der Waals surface area contributed by atoms with E-state index in [4.69, 9.17) is 42.4 Å². The fourth-order valence-electron chi connectivity index (χ4n) is 7.00. The van der Waals surface area contributed by atoms with Gasteiger partial charge in [-0.2, -0.15) is 0 Å². The van der Waals surface area contributed by atoms with E-state index in [9.17, 15) is 9.90 Å². The number of nitrogens with one attached hydrogen (secondary N) is 1. The van der Waals surface area contributed by atoms with Gasteiger partial charge in [0.25, 0.3) is 0 Å². The van der Waals surface area contributed by atoms with Crippen molar-refractivity contribution in [3.8, 4) is 45.3 Å². The molecule has 0 aliphatic carbocycles. The third-order valence-electron chi connectivity index (χ3n) is 10.0. The van der Waals surface area contributed by atoms with Gasteiger partial charge in [-0.25, -0.2) is 4.98 Å². The molecular formula is C40H47Cl2N5O5. The molecule has 12 heteroatoms. The first-order chi connectivity index (χ1) is 25.3. The lowest BCUT2D eigenvalue weighted by Gasteiger charge is -2.32. The molecular weight excluding hydrogens is 701 g/mol. The summed E-state index contributed by atoms with van der Waals surface area (Å²) in [5, 5.41) is 14.5. The molecule has 2 fully saturated rings. The molecule has 4 heterocycles. The van der Waals surface area contributed by atoms with E-state index in [2.05, 4.69) is 21.3 Å². The van der Waals surface area contributed by atoms with Gasteiger partial charge in [0.2, 0.25) is 11.8 Å². The number of nitrogens with zero attached hydrogens (tertiary/aromatic N) is 4. The van der Waals surface area contributed by atoms with Gasteiger partial charge in [0, 0.05) is 92.0 Å². The highest BCUT2D eigenvalue weighted by Crippen LogP contribution is 2.42. The van der Waals surface area contributed by atoms with Crippen molar-refractivity contribution in [1.82, 2.24) is 25.1 Å². The zero-order valence-corrected chi connectivity index (χ0v) is 31.6. The summed E-state index contributed by atoms with van der Waals surface area (Å²) in [6, 6.07) is 18.0. The topological polar surface area (TPSA) is 109 Å². The SMILES string of the molecule is COCCC(=O)N1CCC(NCc2ccc(-c3cccc(-c4ccnc(-c5ccc(CN6CCC(O)CC6)c(OC)c5)c4Cl)c3Cl)nc2OC)CC1. The Labute approximate surface area is 316 Å². The molecule has 2 aliphatic heterocycles. The molecule has 2 aromatic heterocycles. The van der Waals surface area contributed by atoms with E-state index in [1.54, 1.807) is 27.5 Å². The number of aliphatic hydroxyl groups excluding tert-OH is 1. The Morgan fingerprint density at radius 1 is 0.885 bits per heavy atom. The molecule has 52 heavy (non-hydrogen) atoms. The number of halogens is 2. The maximum absolute atomic E-state index is 12.4. The van der Waals surface area contributed by atoms with Crippen molar-refractivity contribution < 1.29 is 24.1 Å². The number of amides is 1. The lowest BCUT2D eigenvalue weighted by atomic mass is 9.99. The van der Waals surface area contributed by atoms with Crippen molar-refractivity contribution >= 4 is 29.1 Å². The van der Waals surface area contributed by atoms with Crippen molar-refractivity contribution in [2.75, 3.05) is 54.1 Å². The largest absolute Gasteiger partial charge is 0.496 e. The molecule has 1 amide bonds. The molecule has 4 aromatic rings. The summed E-state index contributed by atoms with van der Waals surface area (Å²) in [6.07, 6.45) is 5.29. The van der Waals surface area contributed by atoms with Crippen molar-refractivity contribution in [1.29, 1.82) is 0 Å². The molecule has 0 bridgehead atoms. The summed E-state index contributed by atoms with van der Waals surface area (Å²) in [5.41, 5.74) is 6.45. The number of benzene rings is 2. The first kappa shape index (κ1) is 38.0. The minimum Gasteiger partial charge on any atom is -0.496 e. The standard InChI is InChI=1S/C40H47Cl2N5O5/c1-50-22-16-36(49)47-20-12-29(13-21-47)44-24-27-9-10-34(45-40(27)52-3)33-6-4-5-31(37(33)41)32-11-17-43-39(38(32)42)26-7-8-28(35(23-26)51-2)25-46-18-14-30(48)15-19-46/h4-11,17,23,29-30,44,48H,12-16,18-22,24-25H2,1-3H3. The van der Waals surface area contributed by atoms with Gasteiger partial charge in [0.05, 0.1) is 54.8 Å². The molecule has 276 valence electrons. The van der Waals surface area contributed by atoms with Gasteiger partial charge in [0.1, 0.15) is 5.75 Å². The van der Waals surface area contributed by atoms with Crippen molar-refractivity contribution in [3.05, 3.63) is 82.0 Å². The van der Waals surface area contributed by atoms with Crippen LogP contribution >= 0.6 is 23.2 Å². The summed E-state index contributed by atoms with van der Waals surface area (Å²) in [7, 11) is 4.91. The number of carbonyl (C=O) groups is 1. The van der Waals surface area contributed by atoms with Crippen molar-refractivity contribution in [3.63, 3.8) is 0 Å². The quantitative estimate of drug-likeness (QED) is 0.151. The number of aromatic nitrogens is 2. The number of rotatable bonds is 13. The van der Waals surface area contributed by atoms with Gasteiger partial charge < -0.3 is 29.5 Å². The Kier molecular flexibility index (Phi) is 13.0. The molecule has 0 spiro atoms. The number of ether oxygens (including phenoxy) is 3. The second-order valence-electron chi connectivity index (χ2n) is 13.4. The Balaban J connectivity index is 1.17. The predicted molar refractivity (Wildman–Crippen MR) is 205 cm³/mol. The molecule has 2 aliphatic rings. The van der Waals surface area contributed by atoms with E-state index < -0.39 is 0 Å². The van der Waals surface area contributed by atoms with Crippen LogP contribution < -0.4 is 14.8 Å². The molecule has 6 rings (SSSR count). The number of hydrogen-bond acceptors (Lipinski definition) is 9. The summed E-state index contributed by atoms with van der Waals surface area (Å²) in [4.78, 5) is 26.1. The predicted octanol–water partition coefficient (Wildman–Crippen LogP) is 6.88. The van der Waals surface area contributed by atoms with Gasteiger partial charge in [-0.3, -0.25) is 14.7 Å². The second-order valence-corrected chi connectivity index (χ2v) is 14.1. The number of methoxy groups -OCH3 is 3. The van der Waals surface area contributed by atoms with E-state index in [-0.39, 0.29) is 12.0 Å². The van der Waals surface area contributed by atoms with Gasteiger partial charge in [0.15, 0.2) is 0 Å². The average Bonchev–Trinajstić information content (AvgIpc) is 3.17. The summed E-state index contributed by atoms with van der Waals surface area (Å²) < 4.78 is 16.6. The van der Waals surface area contributed by atoms with E-state index in [0.717, 1.165) is 97.5 Å². The van der Waals surface area contributed by atoms with Crippen LogP contribution in [0.2, 0.25) is 10.0 Å². The Bertz CT molecular complexity index is 1840. The summed E-state index contributed by atoms with van der Waals surface area (Å²) in [5.74, 6) is 1.44. The van der Waals surface area contributed by atoms with Gasteiger partial charge in [-0.05, 0) is 43.9 Å². The zero-order valence-electron chi connectivity index (χ0n) is 30.0.